The molecule has 22 heavy (non-hydrogen) atoms. The van der Waals surface area contributed by atoms with Gasteiger partial charge in [0.15, 0.2) is 15.8 Å². The number of terminal acetylenes is 1. The van der Waals surface area contributed by atoms with Crippen LogP contribution in [0.5, 0.6) is 5.75 Å². The molecule has 0 fully saturated rings. The Kier molecular flexibility index (Phi) is 7.26. The van der Waals surface area contributed by atoms with Crippen molar-refractivity contribution in [2.75, 3.05) is 32.5 Å². The monoisotopic (exact) mass is 323 g/mol. The van der Waals surface area contributed by atoms with Crippen LogP contribution in [0.4, 0.5) is 0 Å². The zero-order valence-electron chi connectivity index (χ0n) is 12.8. The molecule has 0 spiro atoms. The molecule has 0 aliphatic carbocycles. The second-order valence-corrected chi connectivity index (χ2v) is 6.43. The minimum atomic E-state index is -3.18. The average molecular weight is 323 g/mol. The zero-order chi connectivity index (χ0) is 16.4. The van der Waals surface area contributed by atoms with E-state index >= 15 is 0 Å². The van der Waals surface area contributed by atoms with Crippen LogP contribution in [0.1, 0.15) is 6.92 Å². The van der Waals surface area contributed by atoms with Crippen molar-refractivity contribution in [3.8, 4) is 18.1 Å². The van der Waals surface area contributed by atoms with E-state index in [2.05, 4.69) is 21.5 Å². The van der Waals surface area contributed by atoms with E-state index in [1.165, 1.54) is 18.4 Å². The number of nitrogens with one attached hydrogen (secondary N) is 2. The quantitative estimate of drug-likeness (QED) is 0.333. The molecule has 7 heteroatoms. The fraction of sp³-hybridized carbons (Fsp3) is 0.400. The minimum Gasteiger partial charge on any atom is -0.492 e. The van der Waals surface area contributed by atoms with Gasteiger partial charge in [-0.3, -0.25) is 0 Å². The Hall–Kier alpha value is -2.20. The molecule has 0 atom stereocenters. The van der Waals surface area contributed by atoms with E-state index < -0.39 is 9.84 Å². The number of hydrogen-bond donors (Lipinski definition) is 2. The van der Waals surface area contributed by atoms with Gasteiger partial charge < -0.3 is 15.4 Å². The fourth-order valence-electron chi connectivity index (χ4n) is 1.58. The SMILES string of the molecule is C#CCNC(=NCCOc1ccc(S(C)(=O)=O)cc1)NCC. The number of aliphatic imine (C=N–C) groups is 1. The molecule has 1 aromatic rings. The Morgan fingerprint density at radius 3 is 2.55 bits per heavy atom. The Labute approximate surface area is 131 Å². The van der Waals surface area contributed by atoms with E-state index in [-0.39, 0.29) is 4.90 Å². The van der Waals surface area contributed by atoms with Gasteiger partial charge in [0.25, 0.3) is 0 Å². The molecular weight excluding hydrogens is 302 g/mol. The molecule has 0 amide bonds. The molecule has 2 N–H and O–H groups in total. The Morgan fingerprint density at radius 1 is 1.32 bits per heavy atom. The van der Waals surface area contributed by atoms with Gasteiger partial charge in [-0.05, 0) is 31.2 Å². The highest BCUT2D eigenvalue weighted by Crippen LogP contribution is 2.15. The summed E-state index contributed by atoms with van der Waals surface area (Å²) in [5, 5.41) is 6.03. The summed E-state index contributed by atoms with van der Waals surface area (Å²) in [5.41, 5.74) is 0. The molecule has 1 rings (SSSR count). The minimum absolute atomic E-state index is 0.269. The number of nitrogens with zero attached hydrogens (tertiary/aromatic N) is 1. The topological polar surface area (TPSA) is 79.8 Å². The summed E-state index contributed by atoms with van der Waals surface area (Å²) in [4.78, 5) is 4.57. The summed E-state index contributed by atoms with van der Waals surface area (Å²) in [5.74, 6) is 3.71. The first kappa shape index (κ1) is 17.9. The third-order valence-corrected chi connectivity index (χ3v) is 3.71. The molecule has 0 bridgehead atoms. The highest BCUT2D eigenvalue weighted by molar-refractivity contribution is 7.90. The van der Waals surface area contributed by atoms with Crippen LogP contribution in [-0.4, -0.2) is 46.9 Å². The summed E-state index contributed by atoms with van der Waals surface area (Å²) in [7, 11) is -3.18. The van der Waals surface area contributed by atoms with Gasteiger partial charge >= 0.3 is 0 Å². The zero-order valence-corrected chi connectivity index (χ0v) is 13.6. The van der Waals surface area contributed by atoms with Crippen LogP contribution in [0.25, 0.3) is 0 Å². The average Bonchev–Trinajstić information content (AvgIpc) is 2.48. The largest absolute Gasteiger partial charge is 0.492 e. The lowest BCUT2D eigenvalue weighted by Crippen LogP contribution is -2.37. The van der Waals surface area contributed by atoms with Gasteiger partial charge in [-0.25, -0.2) is 13.4 Å². The van der Waals surface area contributed by atoms with E-state index in [0.717, 1.165) is 6.54 Å². The molecule has 0 radical (unpaired) electrons. The van der Waals surface area contributed by atoms with Crippen molar-refractivity contribution < 1.29 is 13.2 Å². The molecule has 0 saturated heterocycles. The molecule has 0 saturated carbocycles. The Balaban J connectivity index is 2.47. The van der Waals surface area contributed by atoms with E-state index in [1.807, 2.05) is 6.92 Å². The molecule has 1 aromatic carbocycles. The standard InChI is InChI=1S/C15H21N3O3S/c1-4-10-17-15(16-5-2)18-11-12-21-13-6-8-14(9-7-13)22(3,19)20/h1,6-9H,5,10-12H2,2-3H3,(H2,16,17,18). The van der Waals surface area contributed by atoms with Gasteiger partial charge in [0.05, 0.1) is 18.0 Å². The van der Waals surface area contributed by atoms with Gasteiger partial charge in [0, 0.05) is 12.8 Å². The Morgan fingerprint density at radius 2 is 2.00 bits per heavy atom. The van der Waals surface area contributed by atoms with Crippen LogP contribution >= 0.6 is 0 Å². The molecule has 120 valence electrons. The molecule has 0 unspecified atom stereocenters. The molecule has 6 nitrogen and oxygen atoms in total. The summed E-state index contributed by atoms with van der Waals surface area (Å²) in [6, 6.07) is 6.29. The maximum Gasteiger partial charge on any atom is 0.192 e. The third kappa shape index (κ3) is 6.50. The fourth-order valence-corrected chi connectivity index (χ4v) is 2.21. The smallest absolute Gasteiger partial charge is 0.192 e. The lowest BCUT2D eigenvalue weighted by molar-refractivity contribution is 0.328. The van der Waals surface area contributed by atoms with E-state index in [1.54, 1.807) is 12.1 Å². The third-order valence-electron chi connectivity index (χ3n) is 2.58. The van der Waals surface area contributed by atoms with Crippen LogP contribution in [0, 0.1) is 12.3 Å². The van der Waals surface area contributed by atoms with Crippen molar-refractivity contribution in [2.45, 2.75) is 11.8 Å². The van der Waals surface area contributed by atoms with E-state index in [9.17, 15) is 8.42 Å². The van der Waals surface area contributed by atoms with Crippen molar-refractivity contribution in [3.63, 3.8) is 0 Å². The molecule has 0 aliphatic heterocycles. The molecule has 0 aromatic heterocycles. The van der Waals surface area contributed by atoms with Crippen LogP contribution in [0.2, 0.25) is 0 Å². The maximum atomic E-state index is 11.3. The molecule has 0 heterocycles. The van der Waals surface area contributed by atoms with E-state index in [4.69, 9.17) is 11.2 Å². The van der Waals surface area contributed by atoms with Gasteiger partial charge in [0.1, 0.15) is 12.4 Å². The first-order valence-corrected chi connectivity index (χ1v) is 8.75. The van der Waals surface area contributed by atoms with Crippen molar-refractivity contribution in [1.82, 2.24) is 10.6 Å². The molecule has 0 aliphatic rings. The number of ether oxygens (including phenoxy) is 1. The van der Waals surface area contributed by atoms with Crippen molar-refractivity contribution in [3.05, 3.63) is 24.3 Å². The van der Waals surface area contributed by atoms with Crippen molar-refractivity contribution in [2.24, 2.45) is 4.99 Å². The molecular formula is C15H21N3O3S. The van der Waals surface area contributed by atoms with Crippen molar-refractivity contribution >= 4 is 15.8 Å². The first-order valence-electron chi connectivity index (χ1n) is 6.86. The number of sulfone groups is 1. The summed E-state index contributed by atoms with van der Waals surface area (Å²) in [6.45, 7) is 3.94. The second-order valence-electron chi connectivity index (χ2n) is 4.41. The van der Waals surface area contributed by atoms with Crippen LogP contribution in [0.15, 0.2) is 34.2 Å². The highest BCUT2D eigenvalue weighted by atomic mass is 32.2. The van der Waals surface area contributed by atoms with E-state index in [0.29, 0.717) is 31.4 Å². The summed E-state index contributed by atoms with van der Waals surface area (Å²) < 4.78 is 28.2. The van der Waals surface area contributed by atoms with Gasteiger partial charge in [-0.15, -0.1) is 6.42 Å². The van der Waals surface area contributed by atoms with Crippen molar-refractivity contribution in [1.29, 1.82) is 0 Å². The normalized spacial score (nSPS) is 11.6. The lowest BCUT2D eigenvalue weighted by atomic mass is 10.3. The number of hydrogen-bond acceptors (Lipinski definition) is 4. The number of benzene rings is 1. The van der Waals surface area contributed by atoms with Crippen LogP contribution < -0.4 is 15.4 Å². The lowest BCUT2D eigenvalue weighted by Gasteiger charge is -2.09. The second kappa shape index (κ2) is 8.95. The van der Waals surface area contributed by atoms with Gasteiger partial charge in [-0.2, -0.15) is 0 Å². The van der Waals surface area contributed by atoms with Crippen LogP contribution in [0.3, 0.4) is 0 Å². The van der Waals surface area contributed by atoms with Gasteiger partial charge in [-0.1, -0.05) is 5.92 Å². The predicted molar refractivity (Wildman–Crippen MR) is 87.9 cm³/mol. The maximum absolute atomic E-state index is 11.3. The summed E-state index contributed by atoms with van der Waals surface area (Å²) >= 11 is 0. The number of guanidine groups is 1. The number of rotatable bonds is 7. The highest BCUT2D eigenvalue weighted by Gasteiger charge is 2.06. The summed E-state index contributed by atoms with van der Waals surface area (Å²) in [6.07, 6.45) is 6.35. The first-order chi connectivity index (χ1) is 10.5. The Bertz CT molecular complexity index is 631. The van der Waals surface area contributed by atoms with Crippen LogP contribution in [-0.2, 0) is 9.84 Å². The predicted octanol–water partition coefficient (Wildman–Crippen LogP) is 0.657. The van der Waals surface area contributed by atoms with Gasteiger partial charge in [0.2, 0.25) is 0 Å².